The van der Waals surface area contributed by atoms with Gasteiger partial charge in [0.1, 0.15) is 5.78 Å². The van der Waals surface area contributed by atoms with E-state index in [4.69, 9.17) is 0 Å². The Bertz CT molecular complexity index is 818. The number of nitrogens with zero attached hydrogens (tertiary/aromatic N) is 2. The van der Waals surface area contributed by atoms with E-state index in [9.17, 15) is 9.59 Å². The van der Waals surface area contributed by atoms with E-state index in [-0.39, 0.29) is 11.7 Å². The fourth-order valence-electron chi connectivity index (χ4n) is 2.73. The van der Waals surface area contributed by atoms with Crippen LogP contribution in [0.4, 0.5) is 10.8 Å². The van der Waals surface area contributed by atoms with Crippen LogP contribution in [0.3, 0.4) is 0 Å². The van der Waals surface area contributed by atoms with Crippen molar-refractivity contribution in [3.8, 4) is 0 Å². The summed E-state index contributed by atoms with van der Waals surface area (Å²) in [7, 11) is 0. The third kappa shape index (κ3) is 7.30. The van der Waals surface area contributed by atoms with Gasteiger partial charge >= 0.3 is 0 Å². The van der Waals surface area contributed by atoms with E-state index in [2.05, 4.69) is 46.8 Å². The van der Waals surface area contributed by atoms with E-state index >= 15 is 0 Å². The van der Waals surface area contributed by atoms with Crippen LogP contribution in [-0.4, -0.2) is 33.2 Å². The molecule has 0 aliphatic carbocycles. The molecule has 0 spiro atoms. The van der Waals surface area contributed by atoms with Crippen molar-refractivity contribution >= 4 is 45.6 Å². The molecule has 0 unspecified atom stereocenters. The number of thioether (sulfide) groups is 1. The zero-order valence-corrected chi connectivity index (χ0v) is 18.0. The van der Waals surface area contributed by atoms with Gasteiger partial charge < -0.3 is 10.6 Å². The van der Waals surface area contributed by atoms with Gasteiger partial charge in [-0.2, -0.15) is 0 Å². The maximum absolute atomic E-state index is 12.1. The number of carbonyl (C=O) groups excluding carboxylic acids is 2. The molecule has 0 fully saturated rings. The zero-order valence-electron chi connectivity index (χ0n) is 16.4. The number of aromatic nitrogens is 2. The molecule has 146 valence electrons. The summed E-state index contributed by atoms with van der Waals surface area (Å²) in [5.41, 5.74) is 2.88. The van der Waals surface area contributed by atoms with Gasteiger partial charge in [-0.1, -0.05) is 40.8 Å². The molecule has 2 N–H and O–H groups in total. The van der Waals surface area contributed by atoms with Crippen molar-refractivity contribution in [2.75, 3.05) is 11.1 Å². The van der Waals surface area contributed by atoms with Gasteiger partial charge in [-0.15, -0.1) is 10.2 Å². The van der Waals surface area contributed by atoms with Gasteiger partial charge in [-0.05, 0) is 46.2 Å². The van der Waals surface area contributed by atoms with E-state index in [0.29, 0.717) is 18.6 Å². The van der Waals surface area contributed by atoms with Crippen LogP contribution in [0.15, 0.2) is 22.5 Å². The van der Waals surface area contributed by atoms with Crippen LogP contribution >= 0.6 is 23.1 Å². The third-order valence-electron chi connectivity index (χ3n) is 3.75. The largest absolute Gasteiger partial charge is 0.351 e. The summed E-state index contributed by atoms with van der Waals surface area (Å²) >= 11 is 2.97. The third-order valence-corrected chi connectivity index (χ3v) is 5.73. The lowest BCUT2D eigenvalue weighted by atomic mass is 9.98. The van der Waals surface area contributed by atoms with Crippen LogP contribution in [0.2, 0.25) is 0 Å². The van der Waals surface area contributed by atoms with Crippen molar-refractivity contribution in [3.63, 3.8) is 0 Å². The molecule has 27 heavy (non-hydrogen) atoms. The van der Waals surface area contributed by atoms with Gasteiger partial charge in [0, 0.05) is 29.8 Å². The van der Waals surface area contributed by atoms with E-state index < -0.39 is 5.54 Å². The quantitative estimate of drug-likeness (QED) is 0.606. The number of amides is 1. The van der Waals surface area contributed by atoms with Gasteiger partial charge in [0.2, 0.25) is 11.0 Å². The lowest BCUT2D eigenvalue weighted by Crippen LogP contribution is -2.44. The average molecular weight is 407 g/mol. The molecule has 1 aromatic carbocycles. The maximum atomic E-state index is 12.1. The second-order valence-electron chi connectivity index (χ2n) is 7.23. The predicted molar refractivity (Wildman–Crippen MR) is 112 cm³/mol. The number of Topliss-reactive ketones (excluding diaryl/α,β-unsaturated/α-hetero) is 1. The summed E-state index contributed by atoms with van der Waals surface area (Å²) in [5, 5.41) is 15.3. The van der Waals surface area contributed by atoms with Crippen molar-refractivity contribution < 1.29 is 9.59 Å². The molecule has 0 bridgehead atoms. The monoisotopic (exact) mass is 406 g/mol. The summed E-state index contributed by atoms with van der Waals surface area (Å²) in [6.45, 7) is 9.36. The summed E-state index contributed by atoms with van der Waals surface area (Å²) in [6, 6.07) is 6.20. The first-order valence-corrected chi connectivity index (χ1v) is 10.6. The van der Waals surface area contributed by atoms with Crippen molar-refractivity contribution in [3.05, 3.63) is 29.3 Å². The molecule has 0 saturated carbocycles. The fraction of sp³-hybridized carbons (Fsp3) is 0.474. The van der Waals surface area contributed by atoms with Crippen molar-refractivity contribution in [1.82, 2.24) is 15.5 Å². The highest BCUT2D eigenvalue weighted by molar-refractivity contribution is 8.01. The maximum Gasteiger partial charge on any atom is 0.221 e. The first-order valence-electron chi connectivity index (χ1n) is 8.76. The molecule has 1 heterocycles. The number of anilines is 2. The minimum Gasteiger partial charge on any atom is -0.351 e. The number of aryl methyl sites for hydroxylation is 2. The average Bonchev–Trinajstić information content (AvgIpc) is 2.95. The molecule has 0 aliphatic heterocycles. The van der Waals surface area contributed by atoms with Crippen LogP contribution in [0.25, 0.3) is 0 Å². The first-order chi connectivity index (χ1) is 12.6. The van der Waals surface area contributed by atoms with E-state index in [1.54, 1.807) is 0 Å². The van der Waals surface area contributed by atoms with Crippen molar-refractivity contribution in [1.29, 1.82) is 0 Å². The number of rotatable bonds is 9. The molecule has 0 aliphatic rings. The highest BCUT2D eigenvalue weighted by atomic mass is 32.2. The summed E-state index contributed by atoms with van der Waals surface area (Å²) < 4.78 is 0.818. The smallest absolute Gasteiger partial charge is 0.221 e. The van der Waals surface area contributed by atoms with Gasteiger partial charge in [-0.25, -0.2) is 0 Å². The molecular formula is C19H26N4O2S2. The SMILES string of the molecule is CC(=O)CC(C)(C)NC(=O)CCSc1nnc(Nc2ccc(C)cc2C)s1. The predicted octanol–water partition coefficient (Wildman–Crippen LogP) is 4.25. The Morgan fingerprint density at radius 2 is 1.96 bits per heavy atom. The van der Waals surface area contributed by atoms with Crippen LogP contribution in [0, 0.1) is 13.8 Å². The Morgan fingerprint density at radius 1 is 1.22 bits per heavy atom. The Labute approximate surface area is 168 Å². The van der Waals surface area contributed by atoms with Crippen molar-refractivity contribution in [2.45, 2.75) is 57.3 Å². The van der Waals surface area contributed by atoms with E-state index in [1.807, 2.05) is 19.9 Å². The Hall–Kier alpha value is -1.93. The minimum atomic E-state index is -0.515. The molecule has 0 atom stereocenters. The Morgan fingerprint density at radius 3 is 2.63 bits per heavy atom. The molecular weight excluding hydrogens is 380 g/mol. The number of nitrogens with one attached hydrogen (secondary N) is 2. The van der Waals surface area contributed by atoms with Crippen LogP contribution in [0.1, 0.15) is 44.7 Å². The highest BCUT2D eigenvalue weighted by Gasteiger charge is 2.22. The molecule has 1 amide bonds. The first kappa shape index (κ1) is 21.4. The minimum absolute atomic E-state index is 0.0624. The molecule has 8 heteroatoms. The Kier molecular flexibility index (Phi) is 7.38. The van der Waals surface area contributed by atoms with Crippen molar-refractivity contribution in [2.24, 2.45) is 0 Å². The van der Waals surface area contributed by atoms with E-state index in [1.165, 1.54) is 35.6 Å². The van der Waals surface area contributed by atoms with E-state index in [0.717, 1.165) is 20.7 Å². The van der Waals surface area contributed by atoms with Gasteiger partial charge in [0.05, 0.1) is 0 Å². The number of hydrogen-bond donors (Lipinski definition) is 2. The molecule has 0 saturated heterocycles. The second-order valence-corrected chi connectivity index (χ2v) is 9.55. The molecule has 2 rings (SSSR count). The zero-order chi connectivity index (χ0) is 20.0. The fourth-order valence-corrected chi connectivity index (χ4v) is 4.50. The lowest BCUT2D eigenvalue weighted by Gasteiger charge is -2.24. The number of ketones is 1. The number of hydrogen-bond acceptors (Lipinski definition) is 7. The normalized spacial score (nSPS) is 11.3. The summed E-state index contributed by atoms with van der Waals surface area (Å²) in [6.07, 6.45) is 0.696. The van der Waals surface area contributed by atoms with Gasteiger partial charge in [-0.3, -0.25) is 9.59 Å². The van der Waals surface area contributed by atoms with Gasteiger partial charge in [0.25, 0.3) is 0 Å². The Balaban J connectivity index is 1.80. The standard InChI is InChI=1S/C19H26N4O2S2/c1-12-6-7-15(13(2)10-12)20-17-22-23-18(27-17)26-9-8-16(25)21-19(4,5)11-14(3)24/h6-7,10H,8-9,11H2,1-5H3,(H,20,22)(H,21,25). The molecule has 1 aromatic heterocycles. The second kappa shape index (κ2) is 9.32. The number of benzene rings is 1. The topological polar surface area (TPSA) is 84.0 Å². The molecule has 2 aromatic rings. The van der Waals surface area contributed by atoms with Crippen LogP contribution < -0.4 is 10.6 Å². The summed E-state index contributed by atoms with van der Waals surface area (Å²) in [5.74, 6) is 0.611. The summed E-state index contributed by atoms with van der Waals surface area (Å²) in [4.78, 5) is 23.3. The molecule has 0 radical (unpaired) electrons. The van der Waals surface area contributed by atoms with Gasteiger partial charge in [0.15, 0.2) is 4.34 Å². The van der Waals surface area contributed by atoms with Crippen LogP contribution in [0.5, 0.6) is 0 Å². The lowest BCUT2D eigenvalue weighted by molar-refractivity contribution is -0.123. The number of carbonyl (C=O) groups is 2. The highest BCUT2D eigenvalue weighted by Crippen LogP contribution is 2.29. The van der Waals surface area contributed by atoms with Crippen LogP contribution in [-0.2, 0) is 9.59 Å². The molecule has 6 nitrogen and oxygen atoms in total.